The van der Waals surface area contributed by atoms with E-state index in [1.807, 2.05) is 18.5 Å². The molecular weight excluding hydrogens is 272 g/mol. The lowest BCUT2D eigenvalue weighted by molar-refractivity contribution is 0.865. The van der Waals surface area contributed by atoms with Crippen molar-refractivity contribution in [2.45, 2.75) is 39.7 Å². The first-order valence-corrected chi connectivity index (χ1v) is 7.75. The van der Waals surface area contributed by atoms with Gasteiger partial charge in [0, 0.05) is 29.5 Å². The molecule has 0 amide bonds. The summed E-state index contributed by atoms with van der Waals surface area (Å²) in [5, 5.41) is 4.30. The van der Waals surface area contributed by atoms with E-state index in [0.717, 1.165) is 16.7 Å². The third-order valence-electron chi connectivity index (χ3n) is 3.68. The maximum Gasteiger partial charge on any atom is 0.224 e. The van der Waals surface area contributed by atoms with Crippen LogP contribution in [0.5, 0.6) is 0 Å². The molecule has 114 valence electrons. The van der Waals surface area contributed by atoms with E-state index in [2.05, 4.69) is 71.8 Å². The van der Waals surface area contributed by atoms with Crippen molar-refractivity contribution in [2.24, 2.45) is 0 Å². The van der Waals surface area contributed by atoms with E-state index >= 15 is 0 Å². The summed E-state index contributed by atoms with van der Waals surface area (Å²) in [5.74, 6) is 1.21. The molecule has 0 saturated heterocycles. The fraction of sp³-hybridized carbons (Fsp3) is 0.333. The summed E-state index contributed by atoms with van der Waals surface area (Å²) < 4.78 is 2.10. The Kier molecular flexibility index (Phi) is 3.84. The van der Waals surface area contributed by atoms with Crippen molar-refractivity contribution in [2.75, 3.05) is 5.32 Å². The van der Waals surface area contributed by atoms with E-state index in [1.165, 1.54) is 5.56 Å². The van der Waals surface area contributed by atoms with Crippen molar-refractivity contribution in [1.82, 2.24) is 14.5 Å². The molecule has 0 fully saturated rings. The second-order valence-electron chi connectivity index (χ2n) is 6.20. The Labute approximate surface area is 131 Å². The van der Waals surface area contributed by atoms with Gasteiger partial charge in [-0.2, -0.15) is 4.98 Å². The van der Waals surface area contributed by atoms with Gasteiger partial charge in [0.2, 0.25) is 5.95 Å². The monoisotopic (exact) mass is 294 g/mol. The number of rotatable bonds is 4. The number of aromatic nitrogens is 3. The van der Waals surface area contributed by atoms with Crippen LogP contribution in [0.1, 0.15) is 39.2 Å². The van der Waals surface area contributed by atoms with Crippen molar-refractivity contribution in [3.8, 4) is 5.69 Å². The summed E-state index contributed by atoms with van der Waals surface area (Å²) in [4.78, 5) is 9.01. The van der Waals surface area contributed by atoms with Crippen LogP contribution in [0.25, 0.3) is 16.7 Å². The van der Waals surface area contributed by atoms with Crippen LogP contribution in [-0.2, 0) is 0 Å². The first kappa shape index (κ1) is 14.6. The number of fused-ring (bicyclic) bond motifs is 1. The van der Waals surface area contributed by atoms with Crippen LogP contribution in [-0.4, -0.2) is 20.6 Å². The van der Waals surface area contributed by atoms with Crippen molar-refractivity contribution in [1.29, 1.82) is 0 Å². The summed E-state index contributed by atoms with van der Waals surface area (Å²) in [6.45, 7) is 8.57. The predicted molar refractivity (Wildman–Crippen MR) is 91.7 cm³/mol. The summed E-state index contributed by atoms with van der Waals surface area (Å²) in [5.41, 5.74) is 3.39. The fourth-order valence-corrected chi connectivity index (χ4v) is 2.47. The van der Waals surface area contributed by atoms with Gasteiger partial charge in [-0.1, -0.05) is 26.0 Å². The molecule has 0 aliphatic rings. The summed E-state index contributed by atoms with van der Waals surface area (Å²) in [6, 6.07) is 11.0. The van der Waals surface area contributed by atoms with E-state index < -0.39 is 0 Å². The number of anilines is 1. The molecule has 0 atom stereocenters. The van der Waals surface area contributed by atoms with E-state index in [-0.39, 0.29) is 0 Å². The topological polar surface area (TPSA) is 42.7 Å². The Morgan fingerprint density at radius 2 is 1.73 bits per heavy atom. The Morgan fingerprint density at radius 3 is 2.36 bits per heavy atom. The van der Waals surface area contributed by atoms with Crippen LogP contribution in [0, 0.1) is 0 Å². The smallest absolute Gasteiger partial charge is 0.224 e. The zero-order valence-electron chi connectivity index (χ0n) is 13.5. The second kappa shape index (κ2) is 5.79. The highest BCUT2D eigenvalue weighted by Gasteiger charge is 2.08. The standard InChI is InChI=1S/C18H22N4/c1-12(2)14-5-7-16(8-6-14)22-10-9-15-11-19-18(20-13(3)4)21-17(15)22/h5-13H,1-4H3,(H,19,20,21). The van der Waals surface area contributed by atoms with Gasteiger partial charge in [-0.25, -0.2) is 4.98 Å². The zero-order chi connectivity index (χ0) is 15.7. The highest BCUT2D eigenvalue weighted by molar-refractivity contribution is 5.78. The molecule has 0 bridgehead atoms. The van der Waals surface area contributed by atoms with Gasteiger partial charge in [-0.3, -0.25) is 0 Å². The number of nitrogens with zero attached hydrogens (tertiary/aromatic N) is 3. The average Bonchev–Trinajstić information content (AvgIpc) is 2.90. The summed E-state index contributed by atoms with van der Waals surface area (Å²) in [7, 11) is 0. The molecule has 0 saturated carbocycles. The Balaban J connectivity index is 2.02. The lowest BCUT2D eigenvalue weighted by Crippen LogP contribution is -2.12. The molecule has 1 N–H and O–H groups in total. The van der Waals surface area contributed by atoms with Gasteiger partial charge in [-0.15, -0.1) is 0 Å². The minimum atomic E-state index is 0.311. The van der Waals surface area contributed by atoms with E-state index in [9.17, 15) is 0 Å². The molecule has 3 rings (SSSR count). The SMILES string of the molecule is CC(C)Nc1ncc2ccn(-c3ccc(C(C)C)cc3)c2n1. The van der Waals surface area contributed by atoms with Gasteiger partial charge in [0.1, 0.15) is 5.65 Å². The van der Waals surface area contributed by atoms with Crippen molar-refractivity contribution < 1.29 is 0 Å². The van der Waals surface area contributed by atoms with Gasteiger partial charge in [0.05, 0.1) is 0 Å². The first-order chi connectivity index (χ1) is 10.5. The number of hydrogen-bond donors (Lipinski definition) is 1. The fourth-order valence-electron chi connectivity index (χ4n) is 2.47. The minimum absolute atomic E-state index is 0.311. The van der Waals surface area contributed by atoms with Crippen LogP contribution < -0.4 is 5.32 Å². The molecule has 4 heteroatoms. The van der Waals surface area contributed by atoms with Crippen LogP contribution in [0.3, 0.4) is 0 Å². The van der Waals surface area contributed by atoms with E-state index in [1.54, 1.807) is 0 Å². The van der Waals surface area contributed by atoms with E-state index in [0.29, 0.717) is 17.9 Å². The molecular formula is C18H22N4. The number of hydrogen-bond acceptors (Lipinski definition) is 3. The van der Waals surface area contributed by atoms with Crippen molar-refractivity contribution >= 4 is 17.0 Å². The molecule has 0 radical (unpaired) electrons. The maximum atomic E-state index is 4.65. The molecule has 0 unspecified atom stereocenters. The van der Waals surface area contributed by atoms with Gasteiger partial charge < -0.3 is 9.88 Å². The Hall–Kier alpha value is -2.36. The van der Waals surface area contributed by atoms with Gasteiger partial charge >= 0.3 is 0 Å². The normalized spacial score (nSPS) is 11.5. The van der Waals surface area contributed by atoms with Crippen LogP contribution >= 0.6 is 0 Å². The molecule has 0 aliphatic heterocycles. The molecule has 0 aliphatic carbocycles. The Bertz CT molecular complexity index is 769. The van der Waals surface area contributed by atoms with Gasteiger partial charge in [-0.05, 0) is 43.5 Å². The summed E-state index contributed by atoms with van der Waals surface area (Å²) >= 11 is 0. The number of benzene rings is 1. The van der Waals surface area contributed by atoms with Crippen LogP contribution in [0.2, 0.25) is 0 Å². The first-order valence-electron chi connectivity index (χ1n) is 7.75. The van der Waals surface area contributed by atoms with Crippen LogP contribution in [0.4, 0.5) is 5.95 Å². The maximum absolute atomic E-state index is 4.65. The highest BCUT2D eigenvalue weighted by atomic mass is 15.1. The molecule has 4 nitrogen and oxygen atoms in total. The molecule has 1 aromatic carbocycles. The molecule has 3 aromatic rings. The van der Waals surface area contributed by atoms with Crippen molar-refractivity contribution in [3.05, 3.63) is 48.3 Å². The third-order valence-corrected chi connectivity index (χ3v) is 3.68. The molecule has 2 aromatic heterocycles. The molecule has 2 heterocycles. The number of nitrogens with one attached hydrogen (secondary N) is 1. The lowest BCUT2D eigenvalue weighted by atomic mass is 10.0. The quantitative estimate of drug-likeness (QED) is 0.777. The Morgan fingerprint density at radius 1 is 1.00 bits per heavy atom. The second-order valence-corrected chi connectivity index (χ2v) is 6.20. The molecule has 0 spiro atoms. The van der Waals surface area contributed by atoms with Gasteiger partial charge in [0.15, 0.2) is 0 Å². The molecule has 22 heavy (non-hydrogen) atoms. The van der Waals surface area contributed by atoms with E-state index in [4.69, 9.17) is 0 Å². The summed E-state index contributed by atoms with van der Waals surface area (Å²) in [6.07, 6.45) is 3.91. The zero-order valence-corrected chi connectivity index (χ0v) is 13.5. The third kappa shape index (κ3) is 2.82. The highest BCUT2D eigenvalue weighted by Crippen LogP contribution is 2.22. The van der Waals surface area contributed by atoms with Gasteiger partial charge in [0.25, 0.3) is 0 Å². The average molecular weight is 294 g/mol. The van der Waals surface area contributed by atoms with Crippen LogP contribution in [0.15, 0.2) is 42.7 Å². The predicted octanol–water partition coefficient (Wildman–Crippen LogP) is 4.36. The minimum Gasteiger partial charge on any atom is -0.352 e. The lowest BCUT2D eigenvalue weighted by Gasteiger charge is -2.10. The largest absolute Gasteiger partial charge is 0.352 e. The van der Waals surface area contributed by atoms with Crippen molar-refractivity contribution in [3.63, 3.8) is 0 Å².